The number of hydrogen-bond acceptors (Lipinski definition) is 3. The molecule has 0 saturated carbocycles. The Kier molecular flexibility index (Phi) is 2.86. The summed E-state index contributed by atoms with van der Waals surface area (Å²) in [5.74, 6) is -0.541. The minimum absolute atomic E-state index is 0.0998. The summed E-state index contributed by atoms with van der Waals surface area (Å²) >= 11 is 0. The number of ether oxygens (including phenoxy) is 1. The van der Waals surface area contributed by atoms with Crippen LogP contribution >= 0.6 is 0 Å². The van der Waals surface area contributed by atoms with Gasteiger partial charge in [0.25, 0.3) is 0 Å². The lowest BCUT2D eigenvalue weighted by Crippen LogP contribution is -2.44. The van der Waals surface area contributed by atoms with Gasteiger partial charge in [-0.15, -0.1) is 0 Å². The summed E-state index contributed by atoms with van der Waals surface area (Å²) in [5, 5.41) is 2.49. The molecule has 0 bridgehead atoms. The van der Waals surface area contributed by atoms with Crippen LogP contribution < -0.4 is 11.1 Å². The van der Waals surface area contributed by atoms with Gasteiger partial charge in [0.15, 0.2) is 0 Å². The summed E-state index contributed by atoms with van der Waals surface area (Å²) in [6.45, 7) is 0.275. The quantitative estimate of drug-likeness (QED) is 0.590. The van der Waals surface area contributed by atoms with Gasteiger partial charge < -0.3 is 15.8 Å². The zero-order valence-electron chi connectivity index (χ0n) is 7.24. The lowest BCUT2D eigenvalue weighted by molar-refractivity contribution is -0.114. The van der Waals surface area contributed by atoms with Crippen molar-refractivity contribution in [1.29, 1.82) is 0 Å². The molecule has 0 aliphatic carbocycles. The van der Waals surface area contributed by atoms with E-state index in [2.05, 4.69) is 5.32 Å². The molecule has 0 spiro atoms. The second-order valence-electron chi connectivity index (χ2n) is 2.56. The van der Waals surface area contributed by atoms with Crippen LogP contribution in [0.2, 0.25) is 0 Å². The van der Waals surface area contributed by atoms with E-state index in [9.17, 15) is 9.59 Å². The summed E-state index contributed by atoms with van der Waals surface area (Å²) in [6, 6.07) is -0.299. The zero-order valence-corrected chi connectivity index (χ0v) is 7.24. The minimum atomic E-state index is -0.541. The Morgan fingerprint density at radius 2 is 2.54 bits per heavy atom. The fourth-order valence-corrected chi connectivity index (χ4v) is 0.950. The average molecular weight is 185 g/mol. The fraction of sp³-hybridized carbons (Fsp3) is 0.429. The highest BCUT2D eigenvalue weighted by Gasteiger charge is 2.19. The molecule has 0 radical (unpaired) electrons. The highest BCUT2D eigenvalue weighted by Crippen LogP contribution is 2.03. The van der Waals surface area contributed by atoms with Crippen molar-refractivity contribution >= 4 is 11.9 Å². The Morgan fingerprint density at radius 1 is 1.85 bits per heavy atom. The monoisotopic (exact) mass is 185 g/mol. The molecule has 1 rings (SSSR count). The van der Waals surface area contributed by atoms with Gasteiger partial charge in [-0.3, -0.25) is 9.69 Å². The van der Waals surface area contributed by atoms with Crippen LogP contribution in [0.3, 0.4) is 0 Å². The Bertz CT molecular complexity index is 262. The van der Waals surface area contributed by atoms with Crippen molar-refractivity contribution in [3.63, 3.8) is 0 Å². The molecule has 3 N–H and O–H groups in total. The molecule has 6 heteroatoms. The van der Waals surface area contributed by atoms with E-state index in [4.69, 9.17) is 10.5 Å². The average Bonchev–Trinajstić information content (AvgIpc) is 2.08. The Labute approximate surface area is 75.3 Å². The predicted octanol–water partition coefficient (Wildman–Crippen LogP) is -1.02. The highest BCUT2D eigenvalue weighted by molar-refractivity contribution is 5.94. The number of rotatable bonds is 3. The van der Waals surface area contributed by atoms with Gasteiger partial charge in [0, 0.05) is 13.3 Å². The molecule has 72 valence electrons. The molecule has 0 unspecified atom stereocenters. The van der Waals surface area contributed by atoms with E-state index in [-0.39, 0.29) is 19.3 Å². The number of nitrogens with zero attached hydrogens (tertiary/aromatic N) is 1. The second-order valence-corrected chi connectivity index (χ2v) is 2.56. The first-order valence-electron chi connectivity index (χ1n) is 3.69. The number of methoxy groups -OCH3 is 1. The maximum Gasteiger partial charge on any atom is 0.323 e. The molecule has 1 aliphatic rings. The van der Waals surface area contributed by atoms with E-state index >= 15 is 0 Å². The van der Waals surface area contributed by atoms with Crippen LogP contribution in [0.4, 0.5) is 4.79 Å². The van der Waals surface area contributed by atoms with Gasteiger partial charge in [-0.2, -0.15) is 0 Å². The summed E-state index contributed by atoms with van der Waals surface area (Å²) in [4.78, 5) is 23.1. The molecule has 0 fully saturated rings. The van der Waals surface area contributed by atoms with Crippen molar-refractivity contribution < 1.29 is 14.3 Å². The first-order valence-corrected chi connectivity index (χ1v) is 3.69. The third kappa shape index (κ3) is 2.19. The lowest BCUT2D eigenvalue weighted by Gasteiger charge is -2.23. The van der Waals surface area contributed by atoms with Crippen LogP contribution in [-0.2, 0) is 9.53 Å². The molecule has 1 heterocycles. The third-order valence-electron chi connectivity index (χ3n) is 1.59. The number of primary amides is 1. The van der Waals surface area contributed by atoms with Crippen molar-refractivity contribution in [3.05, 3.63) is 11.8 Å². The molecule has 0 atom stereocenters. The summed E-state index contributed by atoms with van der Waals surface area (Å²) in [7, 11) is 1.46. The van der Waals surface area contributed by atoms with Crippen LogP contribution in [0, 0.1) is 0 Å². The molecule has 0 aromatic rings. The summed E-state index contributed by atoms with van der Waals surface area (Å²) in [5.41, 5.74) is 5.40. The molecule has 0 aromatic carbocycles. The van der Waals surface area contributed by atoms with Crippen LogP contribution in [0.1, 0.15) is 0 Å². The number of hydrogen-bond donors (Lipinski definition) is 2. The maximum absolute atomic E-state index is 11.1. The van der Waals surface area contributed by atoms with Crippen molar-refractivity contribution in [2.45, 2.75) is 0 Å². The second kappa shape index (κ2) is 3.90. The number of amides is 3. The van der Waals surface area contributed by atoms with Gasteiger partial charge >= 0.3 is 6.03 Å². The Morgan fingerprint density at radius 3 is 3.08 bits per heavy atom. The summed E-state index contributed by atoms with van der Waals surface area (Å²) < 4.78 is 4.75. The summed E-state index contributed by atoms with van der Waals surface area (Å²) in [6.07, 6.45) is 1.39. The maximum atomic E-state index is 11.1. The topological polar surface area (TPSA) is 84.7 Å². The standard InChI is InChI=1S/C7H11N3O3/c1-13-4-10-3-5(6(8)11)2-9-7(10)12/h3H,2,4H2,1H3,(H2,8,11)(H,9,12). The Hall–Kier alpha value is -1.56. The van der Waals surface area contributed by atoms with Crippen molar-refractivity contribution in [2.75, 3.05) is 20.4 Å². The number of nitrogens with one attached hydrogen (secondary N) is 1. The molecule has 3 amide bonds. The van der Waals surface area contributed by atoms with E-state index in [1.807, 2.05) is 0 Å². The smallest absolute Gasteiger partial charge is 0.323 e. The van der Waals surface area contributed by atoms with Crippen LogP contribution in [-0.4, -0.2) is 37.2 Å². The van der Waals surface area contributed by atoms with E-state index in [0.717, 1.165) is 0 Å². The van der Waals surface area contributed by atoms with Gasteiger partial charge in [0.1, 0.15) is 6.73 Å². The van der Waals surface area contributed by atoms with Crippen LogP contribution in [0.5, 0.6) is 0 Å². The molecular weight excluding hydrogens is 174 g/mol. The molecule has 0 saturated heterocycles. The number of carbonyl (C=O) groups is 2. The molecule has 6 nitrogen and oxygen atoms in total. The largest absolute Gasteiger partial charge is 0.366 e. The van der Waals surface area contributed by atoms with E-state index in [0.29, 0.717) is 5.57 Å². The van der Waals surface area contributed by atoms with Crippen LogP contribution in [0.15, 0.2) is 11.8 Å². The zero-order chi connectivity index (χ0) is 9.84. The lowest BCUT2D eigenvalue weighted by atomic mass is 10.2. The highest BCUT2D eigenvalue weighted by atomic mass is 16.5. The van der Waals surface area contributed by atoms with Gasteiger partial charge in [-0.1, -0.05) is 0 Å². The first-order chi connectivity index (χ1) is 6.15. The fourth-order valence-electron chi connectivity index (χ4n) is 0.950. The van der Waals surface area contributed by atoms with Gasteiger partial charge in [0.05, 0.1) is 12.1 Å². The van der Waals surface area contributed by atoms with E-state index in [1.54, 1.807) is 0 Å². The number of urea groups is 1. The third-order valence-corrected chi connectivity index (χ3v) is 1.59. The molecule has 13 heavy (non-hydrogen) atoms. The van der Waals surface area contributed by atoms with Crippen molar-refractivity contribution in [2.24, 2.45) is 5.73 Å². The van der Waals surface area contributed by atoms with E-state index < -0.39 is 5.91 Å². The van der Waals surface area contributed by atoms with Gasteiger partial charge in [0.2, 0.25) is 5.91 Å². The van der Waals surface area contributed by atoms with Crippen LogP contribution in [0.25, 0.3) is 0 Å². The number of nitrogens with two attached hydrogens (primary N) is 1. The van der Waals surface area contributed by atoms with Gasteiger partial charge in [-0.05, 0) is 0 Å². The van der Waals surface area contributed by atoms with Crippen molar-refractivity contribution in [1.82, 2.24) is 10.2 Å². The first kappa shape index (κ1) is 9.53. The number of carbonyl (C=O) groups excluding carboxylic acids is 2. The Balaban J connectivity index is 2.74. The molecule has 0 aromatic heterocycles. The predicted molar refractivity (Wildman–Crippen MR) is 44.4 cm³/mol. The molecule has 1 aliphatic heterocycles. The van der Waals surface area contributed by atoms with E-state index in [1.165, 1.54) is 18.2 Å². The minimum Gasteiger partial charge on any atom is -0.366 e. The van der Waals surface area contributed by atoms with Crippen molar-refractivity contribution in [3.8, 4) is 0 Å². The normalized spacial score (nSPS) is 16.5. The van der Waals surface area contributed by atoms with Gasteiger partial charge in [-0.25, -0.2) is 4.79 Å². The molecular formula is C7H11N3O3. The SMILES string of the molecule is COCN1C=C(C(N)=O)CNC1=O.